The lowest BCUT2D eigenvalue weighted by Gasteiger charge is -2.21. The Hall–Kier alpha value is -0.610. The molecule has 12 heavy (non-hydrogen) atoms. The van der Waals surface area contributed by atoms with Crippen LogP contribution in [0.5, 0.6) is 0 Å². The minimum absolute atomic E-state index is 0.0333. The first-order valence-corrected chi connectivity index (χ1v) is 4.05. The first-order chi connectivity index (χ1) is 5.83. The van der Waals surface area contributed by atoms with Gasteiger partial charge in [0, 0.05) is 12.8 Å². The van der Waals surface area contributed by atoms with Crippen molar-refractivity contribution in [2.45, 2.75) is 18.9 Å². The van der Waals surface area contributed by atoms with Crippen LogP contribution in [0, 0.1) is 6.42 Å². The zero-order valence-corrected chi connectivity index (χ0v) is 6.86. The summed E-state index contributed by atoms with van der Waals surface area (Å²) in [7, 11) is 0. The summed E-state index contributed by atoms with van der Waals surface area (Å²) >= 11 is 0. The molecule has 1 fully saturated rings. The lowest BCUT2D eigenvalue weighted by atomic mass is 10.1. The number of carbonyl (C=O) groups is 1. The third-order valence-corrected chi connectivity index (χ3v) is 1.71. The zero-order chi connectivity index (χ0) is 8.81. The molecule has 1 aliphatic heterocycles. The molecule has 0 unspecified atom stereocenters. The van der Waals surface area contributed by atoms with Crippen molar-refractivity contribution in [2.75, 3.05) is 19.8 Å². The molecule has 0 spiro atoms. The Balaban J connectivity index is 2.15. The fourth-order valence-corrected chi connectivity index (χ4v) is 1.08. The molecule has 1 radical (unpaired) electrons. The van der Waals surface area contributed by atoms with Gasteiger partial charge in [-0.3, -0.25) is 4.79 Å². The van der Waals surface area contributed by atoms with Crippen LogP contribution in [0.1, 0.15) is 12.8 Å². The summed E-state index contributed by atoms with van der Waals surface area (Å²) in [6.45, 7) is 1.04. The van der Waals surface area contributed by atoms with Crippen molar-refractivity contribution in [1.82, 2.24) is 0 Å². The highest BCUT2D eigenvalue weighted by Crippen LogP contribution is 2.10. The van der Waals surface area contributed by atoms with E-state index in [0.717, 1.165) is 19.3 Å². The van der Waals surface area contributed by atoms with Crippen LogP contribution >= 0.6 is 0 Å². The lowest BCUT2D eigenvalue weighted by Crippen LogP contribution is -2.26. The molecule has 0 amide bonds. The highest BCUT2D eigenvalue weighted by Gasteiger charge is 2.17. The Bertz CT molecular complexity index is 140. The summed E-state index contributed by atoms with van der Waals surface area (Å²) < 4.78 is 10.1. The summed E-state index contributed by atoms with van der Waals surface area (Å²) in [6.07, 6.45) is 2.60. The quantitative estimate of drug-likeness (QED) is 0.606. The smallest absolute Gasteiger partial charge is 0.312 e. The molecular formula is C8H13O4. The van der Waals surface area contributed by atoms with E-state index in [4.69, 9.17) is 14.6 Å². The predicted molar refractivity (Wildman–Crippen MR) is 41.3 cm³/mol. The van der Waals surface area contributed by atoms with Gasteiger partial charge in [-0.05, 0) is 0 Å². The molecular weight excluding hydrogens is 160 g/mol. The number of rotatable bonds is 3. The van der Waals surface area contributed by atoms with Crippen LogP contribution in [-0.4, -0.2) is 37.0 Å². The van der Waals surface area contributed by atoms with Crippen molar-refractivity contribution in [2.24, 2.45) is 0 Å². The van der Waals surface area contributed by atoms with Crippen molar-refractivity contribution in [3.05, 3.63) is 6.42 Å². The van der Waals surface area contributed by atoms with E-state index in [0.29, 0.717) is 13.2 Å². The van der Waals surface area contributed by atoms with E-state index >= 15 is 0 Å². The van der Waals surface area contributed by atoms with Gasteiger partial charge in [0.15, 0.2) is 0 Å². The zero-order valence-electron chi connectivity index (χ0n) is 6.86. The first-order valence-electron chi connectivity index (χ1n) is 4.05. The Morgan fingerprint density at radius 3 is 2.83 bits per heavy atom. The second-order valence-corrected chi connectivity index (χ2v) is 2.64. The van der Waals surface area contributed by atoms with E-state index in [1.165, 1.54) is 0 Å². The monoisotopic (exact) mass is 173 g/mol. The van der Waals surface area contributed by atoms with Crippen LogP contribution in [0.15, 0.2) is 0 Å². The molecule has 1 rings (SSSR count). The molecule has 1 heterocycles. The van der Waals surface area contributed by atoms with Crippen molar-refractivity contribution < 1.29 is 19.4 Å². The largest absolute Gasteiger partial charge is 0.462 e. The van der Waals surface area contributed by atoms with Gasteiger partial charge >= 0.3 is 5.97 Å². The molecule has 0 atom stereocenters. The molecule has 69 valence electrons. The maximum absolute atomic E-state index is 10.8. The maximum atomic E-state index is 10.8. The third kappa shape index (κ3) is 3.19. The van der Waals surface area contributed by atoms with E-state index in [-0.39, 0.29) is 12.7 Å². The lowest BCUT2D eigenvalue weighted by molar-refractivity contribution is -0.149. The van der Waals surface area contributed by atoms with Crippen LogP contribution in [0.3, 0.4) is 0 Å². The normalized spacial score (nSPS) is 19.1. The number of aliphatic hydroxyl groups excluding tert-OH is 1. The van der Waals surface area contributed by atoms with Crippen molar-refractivity contribution in [3.8, 4) is 0 Å². The van der Waals surface area contributed by atoms with Crippen molar-refractivity contribution in [1.29, 1.82) is 0 Å². The van der Waals surface area contributed by atoms with Crippen LogP contribution in [0.25, 0.3) is 0 Å². The Morgan fingerprint density at radius 2 is 2.25 bits per heavy atom. The van der Waals surface area contributed by atoms with Gasteiger partial charge in [0.2, 0.25) is 0 Å². The SMILES string of the molecule is O=C([CH]CO)OC1CCOCC1. The molecule has 0 bridgehead atoms. The first kappa shape index (κ1) is 9.48. The molecule has 0 saturated carbocycles. The predicted octanol–water partition coefficient (Wildman–Crippen LogP) is -0.0948. The number of carbonyl (C=O) groups excluding carboxylic acids is 1. The molecule has 0 aromatic carbocycles. The van der Waals surface area contributed by atoms with Crippen LogP contribution < -0.4 is 0 Å². The van der Waals surface area contributed by atoms with Crippen LogP contribution in [-0.2, 0) is 14.3 Å². The Morgan fingerprint density at radius 1 is 1.58 bits per heavy atom. The van der Waals surface area contributed by atoms with E-state index < -0.39 is 5.97 Å². The summed E-state index contributed by atoms with van der Waals surface area (Å²) in [5.41, 5.74) is 0. The van der Waals surface area contributed by atoms with Gasteiger partial charge in [-0.2, -0.15) is 0 Å². The standard InChI is InChI=1S/C8H13O4/c9-4-1-8(10)12-7-2-5-11-6-3-7/h1,7,9H,2-6H2. The second-order valence-electron chi connectivity index (χ2n) is 2.64. The maximum Gasteiger partial charge on any atom is 0.312 e. The average molecular weight is 173 g/mol. The van der Waals surface area contributed by atoms with Crippen LogP contribution in [0.4, 0.5) is 0 Å². The molecule has 0 aliphatic carbocycles. The van der Waals surface area contributed by atoms with Crippen molar-refractivity contribution >= 4 is 5.97 Å². The average Bonchev–Trinajstić information content (AvgIpc) is 2.06. The molecule has 1 saturated heterocycles. The van der Waals surface area contributed by atoms with E-state index in [2.05, 4.69) is 0 Å². The number of hydrogen-bond acceptors (Lipinski definition) is 4. The highest BCUT2D eigenvalue weighted by molar-refractivity contribution is 5.79. The molecule has 0 aromatic rings. The van der Waals surface area contributed by atoms with Gasteiger partial charge in [0.25, 0.3) is 0 Å². The topological polar surface area (TPSA) is 55.8 Å². The Labute approximate surface area is 71.5 Å². The van der Waals surface area contributed by atoms with E-state index in [1.807, 2.05) is 0 Å². The summed E-state index contributed by atoms with van der Waals surface area (Å²) in [5.74, 6) is -0.440. The van der Waals surface area contributed by atoms with E-state index in [1.54, 1.807) is 0 Å². The number of hydrogen-bond donors (Lipinski definition) is 1. The number of ether oxygens (including phenoxy) is 2. The van der Waals surface area contributed by atoms with Gasteiger partial charge < -0.3 is 14.6 Å². The van der Waals surface area contributed by atoms with E-state index in [9.17, 15) is 4.79 Å². The summed E-state index contributed by atoms with van der Waals surface area (Å²) in [6, 6.07) is 0. The van der Waals surface area contributed by atoms with Gasteiger partial charge in [-0.15, -0.1) is 0 Å². The highest BCUT2D eigenvalue weighted by atomic mass is 16.6. The molecule has 0 aromatic heterocycles. The second kappa shape index (κ2) is 5.11. The number of aliphatic hydroxyl groups is 1. The molecule has 4 heteroatoms. The fraction of sp³-hybridized carbons (Fsp3) is 0.750. The van der Waals surface area contributed by atoms with Crippen molar-refractivity contribution in [3.63, 3.8) is 0 Å². The fourth-order valence-electron chi connectivity index (χ4n) is 1.08. The summed E-state index contributed by atoms with van der Waals surface area (Å²) in [5, 5.41) is 8.39. The Kier molecular flexibility index (Phi) is 4.04. The summed E-state index contributed by atoms with van der Waals surface area (Å²) in [4.78, 5) is 10.8. The van der Waals surface area contributed by atoms with Gasteiger partial charge in [0.1, 0.15) is 6.10 Å². The van der Waals surface area contributed by atoms with Gasteiger partial charge in [-0.25, -0.2) is 0 Å². The third-order valence-electron chi connectivity index (χ3n) is 1.71. The van der Waals surface area contributed by atoms with Crippen LogP contribution in [0.2, 0.25) is 0 Å². The molecule has 1 aliphatic rings. The minimum atomic E-state index is -0.440. The van der Waals surface area contributed by atoms with Gasteiger partial charge in [0.05, 0.1) is 26.2 Å². The van der Waals surface area contributed by atoms with Gasteiger partial charge in [-0.1, -0.05) is 0 Å². The number of esters is 1. The molecule has 4 nitrogen and oxygen atoms in total. The molecule has 1 N–H and O–H groups in total. The minimum Gasteiger partial charge on any atom is -0.462 e.